The molecule has 4 unspecified atom stereocenters. The van der Waals surface area contributed by atoms with E-state index >= 15 is 0 Å². The molecule has 1 saturated heterocycles. The van der Waals surface area contributed by atoms with Crippen LogP contribution in [-0.2, 0) is 9.53 Å². The molecule has 0 saturated carbocycles. The lowest BCUT2D eigenvalue weighted by Crippen LogP contribution is -2.44. The first-order valence-electron chi connectivity index (χ1n) is 6.91. The van der Waals surface area contributed by atoms with Crippen LogP contribution in [0.2, 0.25) is 0 Å². The van der Waals surface area contributed by atoms with E-state index in [-0.39, 0.29) is 16.6 Å². The Kier molecular flexibility index (Phi) is 3.29. The Labute approximate surface area is 118 Å². The van der Waals surface area contributed by atoms with E-state index in [2.05, 4.69) is 30.1 Å². The minimum absolute atomic E-state index is 0.000342. The van der Waals surface area contributed by atoms with Gasteiger partial charge in [-0.25, -0.2) is 0 Å². The van der Waals surface area contributed by atoms with Gasteiger partial charge in [0.2, 0.25) is 0 Å². The summed E-state index contributed by atoms with van der Waals surface area (Å²) in [5, 5.41) is 0. The zero-order valence-corrected chi connectivity index (χ0v) is 12.2. The molecule has 0 radical (unpaired) electrons. The van der Waals surface area contributed by atoms with Gasteiger partial charge in [0.1, 0.15) is 0 Å². The Balaban J connectivity index is 1.96. The van der Waals surface area contributed by atoms with Crippen LogP contribution >= 0.6 is 11.8 Å². The van der Waals surface area contributed by atoms with Gasteiger partial charge in [-0.15, -0.1) is 11.8 Å². The standard InChI is InChI=1S/C15H19NO2S/c1-3-18-14(17)11-9-19-15-7-5-4-6-12(15)16-8-10(2)13(11)15/h4-6,8,10-11,13H,3,7,9H2,1-2H3. The second-order valence-corrected chi connectivity index (χ2v) is 6.76. The van der Waals surface area contributed by atoms with E-state index in [9.17, 15) is 4.79 Å². The first kappa shape index (κ1) is 13.0. The summed E-state index contributed by atoms with van der Waals surface area (Å²) >= 11 is 1.89. The molecule has 2 aliphatic heterocycles. The summed E-state index contributed by atoms with van der Waals surface area (Å²) in [4.78, 5) is 16.8. The van der Waals surface area contributed by atoms with Crippen LogP contribution in [0.3, 0.4) is 0 Å². The topological polar surface area (TPSA) is 38.7 Å². The highest BCUT2D eigenvalue weighted by Gasteiger charge is 2.57. The van der Waals surface area contributed by atoms with Crippen LogP contribution in [0, 0.1) is 17.8 Å². The predicted octanol–water partition coefficient (Wildman–Crippen LogP) is 2.83. The smallest absolute Gasteiger partial charge is 0.310 e. The van der Waals surface area contributed by atoms with Crippen LogP contribution in [-0.4, -0.2) is 29.3 Å². The van der Waals surface area contributed by atoms with Crippen LogP contribution in [0.4, 0.5) is 0 Å². The maximum absolute atomic E-state index is 12.2. The van der Waals surface area contributed by atoms with E-state index in [0.717, 1.165) is 17.9 Å². The van der Waals surface area contributed by atoms with E-state index in [1.54, 1.807) is 0 Å². The highest BCUT2D eigenvalue weighted by molar-refractivity contribution is 8.01. The van der Waals surface area contributed by atoms with Crippen molar-refractivity contribution in [1.29, 1.82) is 0 Å². The zero-order chi connectivity index (χ0) is 13.5. The molecule has 2 heterocycles. The van der Waals surface area contributed by atoms with Crippen LogP contribution in [0.1, 0.15) is 20.3 Å². The van der Waals surface area contributed by atoms with Gasteiger partial charge in [-0.3, -0.25) is 9.79 Å². The molecule has 0 aromatic heterocycles. The highest BCUT2D eigenvalue weighted by atomic mass is 32.2. The summed E-state index contributed by atoms with van der Waals surface area (Å²) in [6.07, 6.45) is 9.35. The van der Waals surface area contributed by atoms with Gasteiger partial charge in [-0.2, -0.15) is 0 Å². The number of hydrogen-bond acceptors (Lipinski definition) is 4. The lowest BCUT2D eigenvalue weighted by molar-refractivity contribution is -0.149. The molecule has 0 bridgehead atoms. The van der Waals surface area contributed by atoms with Crippen molar-refractivity contribution in [3.05, 3.63) is 23.9 Å². The Morgan fingerprint density at radius 3 is 3.26 bits per heavy atom. The Hall–Kier alpha value is -1.03. The number of carbonyl (C=O) groups excluding carboxylic acids is 1. The van der Waals surface area contributed by atoms with Gasteiger partial charge in [-0.1, -0.05) is 19.1 Å². The average molecular weight is 277 g/mol. The van der Waals surface area contributed by atoms with Gasteiger partial charge in [-0.05, 0) is 25.3 Å². The fourth-order valence-corrected chi connectivity index (χ4v) is 5.42. The lowest BCUT2D eigenvalue weighted by atomic mass is 9.69. The number of nitrogens with zero attached hydrogens (tertiary/aromatic N) is 1. The maximum Gasteiger partial charge on any atom is 0.310 e. The van der Waals surface area contributed by atoms with Gasteiger partial charge in [0.05, 0.1) is 23.0 Å². The Morgan fingerprint density at radius 1 is 1.63 bits per heavy atom. The second kappa shape index (κ2) is 4.82. The fraction of sp³-hybridized carbons (Fsp3) is 0.600. The molecule has 0 amide bonds. The first-order valence-corrected chi connectivity index (χ1v) is 7.89. The van der Waals surface area contributed by atoms with Gasteiger partial charge in [0.15, 0.2) is 0 Å². The van der Waals surface area contributed by atoms with E-state index in [4.69, 9.17) is 4.74 Å². The molecule has 1 spiro atoms. The number of carbonyl (C=O) groups is 1. The molecule has 0 aromatic rings. The number of ether oxygens (including phenoxy) is 1. The summed E-state index contributed by atoms with van der Waals surface area (Å²) in [7, 11) is 0. The van der Waals surface area contributed by atoms with Crippen molar-refractivity contribution in [3.8, 4) is 0 Å². The monoisotopic (exact) mass is 277 g/mol. The summed E-state index contributed by atoms with van der Waals surface area (Å²) in [5.41, 5.74) is 1.13. The third kappa shape index (κ3) is 1.88. The van der Waals surface area contributed by atoms with Crippen molar-refractivity contribution >= 4 is 23.9 Å². The molecule has 4 atom stereocenters. The minimum Gasteiger partial charge on any atom is -0.466 e. The lowest BCUT2D eigenvalue weighted by Gasteiger charge is -2.42. The van der Waals surface area contributed by atoms with Gasteiger partial charge in [0.25, 0.3) is 0 Å². The molecule has 1 fully saturated rings. The molecule has 19 heavy (non-hydrogen) atoms. The fourth-order valence-electron chi connectivity index (χ4n) is 3.55. The molecule has 4 heteroatoms. The number of hydrogen-bond donors (Lipinski definition) is 0. The molecule has 0 aromatic carbocycles. The van der Waals surface area contributed by atoms with E-state index in [0.29, 0.717) is 18.4 Å². The second-order valence-electron chi connectivity index (χ2n) is 5.41. The number of aliphatic imine (C=N–C) groups is 1. The van der Waals surface area contributed by atoms with E-state index in [1.807, 2.05) is 24.9 Å². The van der Waals surface area contributed by atoms with E-state index < -0.39 is 0 Å². The number of thioether (sulfide) groups is 1. The summed E-state index contributed by atoms with van der Waals surface area (Å²) in [6, 6.07) is 0. The predicted molar refractivity (Wildman–Crippen MR) is 78.3 cm³/mol. The third-order valence-electron chi connectivity index (χ3n) is 4.34. The average Bonchev–Trinajstić information content (AvgIpc) is 2.79. The highest BCUT2D eigenvalue weighted by Crippen LogP contribution is 2.58. The summed E-state index contributed by atoms with van der Waals surface area (Å²) in [6.45, 7) is 4.50. The first-order chi connectivity index (χ1) is 9.19. The number of allylic oxidation sites excluding steroid dienone is 3. The number of esters is 1. The van der Waals surface area contributed by atoms with Crippen molar-refractivity contribution in [3.63, 3.8) is 0 Å². The summed E-state index contributed by atoms with van der Waals surface area (Å²) < 4.78 is 5.27. The van der Waals surface area contributed by atoms with Gasteiger partial charge >= 0.3 is 5.97 Å². The van der Waals surface area contributed by atoms with Crippen molar-refractivity contribution in [2.24, 2.45) is 22.7 Å². The Bertz CT molecular complexity index is 483. The normalized spacial score (nSPS) is 39.5. The SMILES string of the molecule is CCOC(=O)C1CSC23CC=CC=C2N=CC(C)C13. The summed E-state index contributed by atoms with van der Waals surface area (Å²) in [5.74, 6) is 1.45. The quantitative estimate of drug-likeness (QED) is 0.729. The molecule has 1 aliphatic carbocycles. The minimum atomic E-state index is -0.0343. The maximum atomic E-state index is 12.2. The van der Waals surface area contributed by atoms with Crippen molar-refractivity contribution in [2.75, 3.05) is 12.4 Å². The Morgan fingerprint density at radius 2 is 2.47 bits per heavy atom. The van der Waals surface area contributed by atoms with E-state index in [1.165, 1.54) is 0 Å². The zero-order valence-electron chi connectivity index (χ0n) is 11.3. The molecule has 3 nitrogen and oxygen atoms in total. The van der Waals surface area contributed by atoms with Crippen molar-refractivity contribution < 1.29 is 9.53 Å². The molecule has 3 rings (SSSR count). The van der Waals surface area contributed by atoms with Crippen molar-refractivity contribution in [2.45, 2.75) is 25.0 Å². The molecule has 3 aliphatic rings. The van der Waals surface area contributed by atoms with Gasteiger partial charge in [0, 0.05) is 17.9 Å². The van der Waals surface area contributed by atoms with Crippen LogP contribution in [0.25, 0.3) is 0 Å². The third-order valence-corrected chi connectivity index (χ3v) is 6.03. The van der Waals surface area contributed by atoms with Crippen LogP contribution in [0.5, 0.6) is 0 Å². The van der Waals surface area contributed by atoms with Gasteiger partial charge < -0.3 is 4.74 Å². The van der Waals surface area contributed by atoms with Crippen LogP contribution in [0.15, 0.2) is 28.9 Å². The molecule has 102 valence electrons. The molecular weight excluding hydrogens is 258 g/mol. The number of rotatable bonds is 2. The molecular formula is C15H19NO2S. The molecule has 0 N–H and O–H groups in total. The largest absolute Gasteiger partial charge is 0.466 e. The van der Waals surface area contributed by atoms with Crippen molar-refractivity contribution in [1.82, 2.24) is 0 Å². The van der Waals surface area contributed by atoms with Crippen LogP contribution < -0.4 is 0 Å².